The van der Waals surface area contributed by atoms with Gasteiger partial charge < -0.3 is 10.8 Å². The Morgan fingerprint density at radius 1 is 1.38 bits per heavy atom. The van der Waals surface area contributed by atoms with Gasteiger partial charge >= 0.3 is 5.97 Å². The average molecular weight is 333 g/mol. The van der Waals surface area contributed by atoms with E-state index in [9.17, 15) is 18.0 Å². The molecular weight excluding hydrogens is 320 g/mol. The number of hydrogen-bond donors (Lipinski definition) is 2. The molecule has 0 spiro atoms. The number of carbonyl (C=O) groups is 2. The van der Waals surface area contributed by atoms with Crippen LogP contribution in [-0.2, 0) is 14.8 Å². The van der Waals surface area contributed by atoms with Crippen molar-refractivity contribution in [2.75, 3.05) is 6.54 Å². The zero-order valence-corrected chi connectivity index (χ0v) is 12.4. The zero-order valence-electron chi connectivity index (χ0n) is 10.8. The molecule has 1 saturated heterocycles. The number of nitrogens with two attached hydrogens (primary N) is 1. The van der Waals surface area contributed by atoms with E-state index in [1.165, 1.54) is 0 Å². The number of halogens is 1. The first-order valence-electron chi connectivity index (χ1n) is 6.09. The Hall–Kier alpha value is -1.64. The van der Waals surface area contributed by atoms with Gasteiger partial charge in [-0.05, 0) is 31.0 Å². The molecule has 1 aliphatic heterocycles. The minimum atomic E-state index is -3.94. The molecule has 1 aliphatic rings. The van der Waals surface area contributed by atoms with Gasteiger partial charge in [0.2, 0.25) is 15.9 Å². The Morgan fingerprint density at radius 2 is 2.05 bits per heavy atom. The Kier molecular flexibility index (Phi) is 4.22. The molecule has 7 nitrogen and oxygen atoms in total. The summed E-state index contributed by atoms with van der Waals surface area (Å²) in [6.07, 6.45) is 0.906. The van der Waals surface area contributed by atoms with E-state index in [1.54, 1.807) is 0 Å². The molecular formula is C12H13ClN2O5S. The monoisotopic (exact) mass is 332 g/mol. The Bertz CT molecular complexity index is 704. The van der Waals surface area contributed by atoms with Crippen molar-refractivity contribution in [2.45, 2.75) is 23.8 Å². The number of amides is 1. The van der Waals surface area contributed by atoms with Gasteiger partial charge in [-0.15, -0.1) is 0 Å². The van der Waals surface area contributed by atoms with Gasteiger partial charge in [0.15, 0.2) is 0 Å². The Labute approximate surface area is 126 Å². The average Bonchev–Trinajstić information content (AvgIpc) is 2.88. The van der Waals surface area contributed by atoms with E-state index < -0.39 is 27.9 Å². The summed E-state index contributed by atoms with van der Waals surface area (Å²) in [6.45, 7) is 0.189. The van der Waals surface area contributed by atoms with Gasteiger partial charge in [0, 0.05) is 6.54 Å². The van der Waals surface area contributed by atoms with Crippen LogP contribution in [0.4, 0.5) is 0 Å². The lowest BCUT2D eigenvalue weighted by molar-refractivity contribution is -0.121. The molecule has 1 aromatic carbocycles. The van der Waals surface area contributed by atoms with Crippen LogP contribution < -0.4 is 5.73 Å². The summed E-state index contributed by atoms with van der Waals surface area (Å²) in [4.78, 5) is 22.0. The lowest BCUT2D eigenvalue weighted by atomic mass is 10.2. The minimum absolute atomic E-state index is 0.161. The molecule has 1 heterocycles. The summed E-state index contributed by atoms with van der Waals surface area (Å²) in [5.41, 5.74) is 5.02. The number of sulfonamides is 1. The smallest absolute Gasteiger partial charge is 0.337 e. The third-order valence-corrected chi connectivity index (χ3v) is 5.53. The second-order valence-electron chi connectivity index (χ2n) is 4.62. The summed E-state index contributed by atoms with van der Waals surface area (Å²) >= 11 is 5.78. The number of aromatic carboxylic acids is 1. The van der Waals surface area contributed by atoms with E-state index >= 15 is 0 Å². The van der Waals surface area contributed by atoms with Gasteiger partial charge in [-0.2, -0.15) is 4.31 Å². The van der Waals surface area contributed by atoms with Crippen LogP contribution >= 0.6 is 11.6 Å². The molecule has 0 radical (unpaired) electrons. The molecule has 2 rings (SSSR count). The van der Waals surface area contributed by atoms with Crippen molar-refractivity contribution in [1.29, 1.82) is 0 Å². The molecule has 0 aliphatic carbocycles. The van der Waals surface area contributed by atoms with E-state index in [0.717, 1.165) is 22.5 Å². The fourth-order valence-corrected chi connectivity index (χ4v) is 4.29. The van der Waals surface area contributed by atoms with Crippen molar-refractivity contribution in [2.24, 2.45) is 5.73 Å². The van der Waals surface area contributed by atoms with Crippen LogP contribution in [0.3, 0.4) is 0 Å². The quantitative estimate of drug-likeness (QED) is 0.840. The number of benzene rings is 1. The molecule has 1 fully saturated rings. The predicted molar refractivity (Wildman–Crippen MR) is 74.5 cm³/mol. The zero-order chi connectivity index (χ0) is 15.8. The van der Waals surface area contributed by atoms with Crippen molar-refractivity contribution in [1.82, 2.24) is 4.31 Å². The van der Waals surface area contributed by atoms with Gasteiger partial charge in [0.05, 0.1) is 15.5 Å². The lowest BCUT2D eigenvalue weighted by Gasteiger charge is -2.21. The summed E-state index contributed by atoms with van der Waals surface area (Å²) in [7, 11) is -3.94. The predicted octanol–water partition coefficient (Wildman–Crippen LogP) is 0.677. The normalized spacial score (nSPS) is 19.6. The molecule has 1 amide bonds. The lowest BCUT2D eigenvalue weighted by Crippen LogP contribution is -2.43. The van der Waals surface area contributed by atoms with Crippen molar-refractivity contribution < 1.29 is 23.1 Å². The van der Waals surface area contributed by atoms with E-state index in [2.05, 4.69) is 0 Å². The molecule has 3 N–H and O–H groups in total. The van der Waals surface area contributed by atoms with Crippen LogP contribution in [-0.4, -0.2) is 42.3 Å². The summed E-state index contributed by atoms with van der Waals surface area (Å²) in [6, 6.07) is 2.46. The molecule has 0 unspecified atom stereocenters. The maximum absolute atomic E-state index is 12.5. The van der Waals surface area contributed by atoms with Gasteiger partial charge in [-0.25, -0.2) is 13.2 Å². The number of rotatable bonds is 4. The van der Waals surface area contributed by atoms with Crippen molar-refractivity contribution in [3.63, 3.8) is 0 Å². The summed E-state index contributed by atoms with van der Waals surface area (Å²) in [5, 5.41) is 8.70. The first-order valence-corrected chi connectivity index (χ1v) is 7.91. The third-order valence-electron chi connectivity index (χ3n) is 3.31. The van der Waals surface area contributed by atoms with Gasteiger partial charge in [-0.3, -0.25) is 4.79 Å². The highest BCUT2D eigenvalue weighted by atomic mass is 35.5. The van der Waals surface area contributed by atoms with Crippen molar-refractivity contribution >= 4 is 33.5 Å². The largest absolute Gasteiger partial charge is 0.478 e. The summed E-state index contributed by atoms with van der Waals surface area (Å²) < 4.78 is 26.0. The maximum Gasteiger partial charge on any atom is 0.337 e. The van der Waals surface area contributed by atoms with Gasteiger partial charge in [-0.1, -0.05) is 11.6 Å². The number of carboxylic acids is 1. The van der Waals surface area contributed by atoms with Crippen molar-refractivity contribution in [3.05, 3.63) is 28.8 Å². The maximum atomic E-state index is 12.5. The second-order valence-corrected chi connectivity index (χ2v) is 6.92. The number of hydrogen-bond acceptors (Lipinski definition) is 4. The highest BCUT2D eigenvalue weighted by Gasteiger charge is 2.38. The highest BCUT2D eigenvalue weighted by Crippen LogP contribution is 2.28. The number of carboxylic acid groups (broad SMARTS) is 1. The SMILES string of the molecule is NC(=O)[C@H]1CCCN1S(=O)(=O)c1ccc(C(=O)O)c(Cl)c1. The van der Waals surface area contributed by atoms with Crippen LogP contribution in [0.25, 0.3) is 0 Å². The van der Waals surface area contributed by atoms with Crippen LogP contribution in [0.5, 0.6) is 0 Å². The number of carbonyl (C=O) groups excluding carboxylic acids is 1. The fraction of sp³-hybridized carbons (Fsp3) is 0.333. The van der Waals surface area contributed by atoms with E-state index in [1.807, 2.05) is 0 Å². The fourth-order valence-electron chi connectivity index (χ4n) is 2.28. The van der Waals surface area contributed by atoms with Crippen LogP contribution in [0.15, 0.2) is 23.1 Å². The first-order chi connectivity index (χ1) is 9.75. The second kappa shape index (κ2) is 5.63. The molecule has 1 atom stereocenters. The van der Waals surface area contributed by atoms with Crippen LogP contribution in [0.1, 0.15) is 23.2 Å². The van der Waals surface area contributed by atoms with E-state index in [-0.39, 0.29) is 22.0 Å². The molecule has 1 aromatic rings. The number of nitrogens with zero attached hydrogens (tertiary/aromatic N) is 1. The van der Waals surface area contributed by atoms with Crippen molar-refractivity contribution in [3.8, 4) is 0 Å². The highest BCUT2D eigenvalue weighted by molar-refractivity contribution is 7.89. The third kappa shape index (κ3) is 2.87. The Balaban J connectivity index is 2.43. The van der Waals surface area contributed by atoms with Crippen LogP contribution in [0, 0.1) is 0 Å². The van der Waals surface area contributed by atoms with Gasteiger partial charge in [0.25, 0.3) is 0 Å². The molecule has 0 bridgehead atoms. The Morgan fingerprint density at radius 3 is 2.57 bits per heavy atom. The first kappa shape index (κ1) is 15.7. The molecule has 0 aromatic heterocycles. The molecule has 9 heteroatoms. The minimum Gasteiger partial charge on any atom is -0.478 e. The standard InChI is InChI=1S/C12H13ClN2O5S/c13-9-6-7(3-4-8(9)12(17)18)21(19,20)15-5-1-2-10(15)11(14)16/h3-4,6,10H,1-2,5H2,(H2,14,16)(H,17,18)/t10-/m1/s1. The van der Waals surface area contributed by atoms with Gasteiger partial charge in [0.1, 0.15) is 6.04 Å². The molecule has 21 heavy (non-hydrogen) atoms. The molecule has 114 valence electrons. The summed E-state index contributed by atoms with van der Waals surface area (Å²) in [5.74, 6) is -1.95. The topological polar surface area (TPSA) is 118 Å². The van der Waals surface area contributed by atoms with E-state index in [0.29, 0.717) is 12.8 Å². The number of primary amides is 1. The molecule has 0 saturated carbocycles. The van der Waals surface area contributed by atoms with Crippen LogP contribution in [0.2, 0.25) is 5.02 Å². The van der Waals surface area contributed by atoms with E-state index in [4.69, 9.17) is 22.4 Å².